The van der Waals surface area contributed by atoms with Gasteiger partial charge in [0.1, 0.15) is 0 Å². The Balaban J connectivity index is 1.94. The highest BCUT2D eigenvalue weighted by atomic mass is 32.1. The Labute approximate surface area is 115 Å². The Bertz CT molecular complexity index is 760. The molecular weight excluding hydrogens is 254 g/mol. The predicted octanol–water partition coefficient (Wildman–Crippen LogP) is 3.70. The van der Waals surface area contributed by atoms with E-state index in [-0.39, 0.29) is 0 Å². The molecule has 3 aromatic rings. The molecule has 0 aliphatic carbocycles. The van der Waals surface area contributed by atoms with Gasteiger partial charge in [-0.05, 0) is 29.7 Å². The zero-order valence-electron chi connectivity index (χ0n) is 10.2. The normalized spacial score (nSPS) is 11.6. The van der Waals surface area contributed by atoms with Gasteiger partial charge in [0.05, 0.1) is 35.5 Å². The third kappa shape index (κ3) is 2.42. The molecule has 0 saturated carbocycles. The van der Waals surface area contributed by atoms with Crippen molar-refractivity contribution in [3.8, 4) is 6.07 Å². The zero-order valence-corrected chi connectivity index (χ0v) is 11.0. The van der Waals surface area contributed by atoms with Crippen molar-refractivity contribution < 1.29 is 0 Å². The summed E-state index contributed by atoms with van der Waals surface area (Å²) in [7, 11) is 0. The topological polar surface area (TPSA) is 41.6 Å². The molecule has 2 aromatic heterocycles. The average molecular weight is 265 g/mol. The van der Waals surface area contributed by atoms with Crippen LogP contribution in [-0.2, 0) is 6.54 Å². The summed E-state index contributed by atoms with van der Waals surface area (Å²) >= 11 is 1.63. The Hall–Kier alpha value is -2.38. The van der Waals surface area contributed by atoms with Gasteiger partial charge in [-0.25, -0.2) is 4.98 Å². The number of rotatable bonds is 3. The Kier molecular flexibility index (Phi) is 3.13. The molecule has 92 valence electrons. The molecule has 0 spiro atoms. The van der Waals surface area contributed by atoms with Crippen LogP contribution in [0.1, 0.15) is 4.88 Å². The van der Waals surface area contributed by atoms with Gasteiger partial charge in [-0.15, -0.1) is 11.3 Å². The van der Waals surface area contributed by atoms with Gasteiger partial charge in [0.25, 0.3) is 0 Å². The highest BCUT2D eigenvalue weighted by molar-refractivity contribution is 7.10. The molecule has 0 radical (unpaired) electrons. The number of thiophene rings is 1. The second-order valence-electron chi connectivity index (χ2n) is 4.16. The average Bonchev–Trinajstić information content (AvgIpc) is 3.08. The van der Waals surface area contributed by atoms with Crippen molar-refractivity contribution in [2.45, 2.75) is 6.54 Å². The SMILES string of the molecule is N#C/C(=C/c1cccs1)Cn1cnc2ccccc21. The van der Waals surface area contributed by atoms with Crippen molar-refractivity contribution in [3.05, 3.63) is 58.6 Å². The first-order chi connectivity index (χ1) is 9.36. The van der Waals surface area contributed by atoms with Crippen molar-refractivity contribution in [2.24, 2.45) is 0 Å². The van der Waals surface area contributed by atoms with Crippen LogP contribution in [0.3, 0.4) is 0 Å². The highest BCUT2D eigenvalue weighted by Crippen LogP contribution is 2.17. The number of para-hydroxylation sites is 2. The first-order valence-corrected chi connectivity index (χ1v) is 6.79. The van der Waals surface area contributed by atoms with Crippen LogP contribution in [0.4, 0.5) is 0 Å². The largest absolute Gasteiger partial charge is 0.325 e. The monoisotopic (exact) mass is 265 g/mol. The van der Waals surface area contributed by atoms with E-state index in [1.807, 2.05) is 52.4 Å². The van der Waals surface area contributed by atoms with E-state index in [2.05, 4.69) is 11.1 Å². The molecular formula is C15H11N3S. The van der Waals surface area contributed by atoms with E-state index in [9.17, 15) is 5.26 Å². The molecule has 3 nitrogen and oxygen atoms in total. The van der Waals surface area contributed by atoms with Crippen LogP contribution >= 0.6 is 11.3 Å². The van der Waals surface area contributed by atoms with Crippen LogP contribution in [0.25, 0.3) is 17.1 Å². The van der Waals surface area contributed by atoms with Gasteiger partial charge in [0.2, 0.25) is 0 Å². The number of hydrogen-bond donors (Lipinski definition) is 0. The van der Waals surface area contributed by atoms with E-state index in [1.54, 1.807) is 17.7 Å². The van der Waals surface area contributed by atoms with Crippen LogP contribution in [-0.4, -0.2) is 9.55 Å². The second-order valence-corrected chi connectivity index (χ2v) is 5.14. The fourth-order valence-electron chi connectivity index (χ4n) is 1.98. The van der Waals surface area contributed by atoms with Gasteiger partial charge in [-0.2, -0.15) is 5.26 Å². The van der Waals surface area contributed by atoms with Gasteiger partial charge < -0.3 is 4.57 Å². The molecule has 0 atom stereocenters. The first-order valence-electron chi connectivity index (χ1n) is 5.91. The number of allylic oxidation sites excluding steroid dienone is 1. The van der Waals surface area contributed by atoms with E-state index >= 15 is 0 Å². The Morgan fingerprint density at radius 1 is 1.32 bits per heavy atom. The standard InChI is InChI=1S/C15H11N3S/c16-9-12(8-13-4-3-7-19-13)10-18-11-17-14-5-1-2-6-15(14)18/h1-8,11H,10H2/b12-8-. The maximum Gasteiger partial charge on any atom is 0.0966 e. The highest BCUT2D eigenvalue weighted by Gasteiger charge is 2.04. The lowest BCUT2D eigenvalue weighted by Crippen LogP contribution is -1.97. The molecule has 0 aliphatic heterocycles. The minimum atomic E-state index is 0.551. The molecule has 0 unspecified atom stereocenters. The summed E-state index contributed by atoms with van der Waals surface area (Å²) < 4.78 is 2.00. The summed E-state index contributed by atoms with van der Waals surface area (Å²) in [5.74, 6) is 0. The van der Waals surface area contributed by atoms with Crippen molar-refractivity contribution in [1.82, 2.24) is 9.55 Å². The summed E-state index contributed by atoms with van der Waals surface area (Å²) in [5.41, 5.74) is 2.73. The minimum absolute atomic E-state index is 0.551. The maximum atomic E-state index is 9.25. The number of nitriles is 1. The fourth-order valence-corrected chi connectivity index (χ4v) is 2.66. The van der Waals surface area contributed by atoms with Gasteiger partial charge in [-0.1, -0.05) is 18.2 Å². The van der Waals surface area contributed by atoms with Gasteiger partial charge in [0.15, 0.2) is 0 Å². The van der Waals surface area contributed by atoms with Crippen LogP contribution in [0.5, 0.6) is 0 Å². The molecule has 0 aliphatic rings. The molecule has 0 bridgehead atoms. The van der Waals surface area contributed by atoms with E-state index < -0.39 is 0 Å². The molecule has 1 aromatic carbocycles. The number of imidazole rings is 1. The molecule has 19 heavy (non-hydrogen) atoms. The lowest BCUT2D eigenvalue weighted by atomic mass is 10.2. The van der Waals surface area contributed by atoms with Crippen molar-refractivity contribution in [3.63, 3.8) is 0 Å². The Morgan fingerprint density at radius 2 is 2.21 bits per heavy atom. The predicted molar refractivity (Wildman–Crippen MR) is 77.6 cm³/mol. The van der Waals surface area contributed by atoms with Crippen LogP contribution in [0, 0.1) is 11.3 Å². The van der Waals surface area contributed by atoms with Crippen LogP contribution in [0.15, 0.2) is 53.7 Å². The third-order valence-electron chi connectivity index (χ3n) is 2.87. The van der Waals surface area contributed by atoms with Crippen molar-refractivity contribution in [2.75, 3.05) is 0 Å². The lowest BCUT2D eigenvalue weighted by Gasteiger charge is -2.02. The van der Waals surface area contributed by atoms with E-state index in [0.29, 0.717) is 6.54 Å². The number of aromatic nitrogens is 2. The summed E-state index contributed by atoms with van der Waals surface area (Å²) in [4.78, 5) is 5.43. The first kappa shape index (κ1) is 11.7. The second kappa shape index (κ2) is 5.09. The summed E-state index contributed by atoms with van der Waals surface area (Å²) in [6.45, 7) is 0.551. The van der Waals surface area contributed by atoms with E-state index in [4.69, 9.17) is 0 Å². The molecule has 0 amide bonds. The van der Waals surface area contributed by atoms with E-state index in [1.165, 1.54) is 0 Å². The number of nitrogens with zero attached hydrogens (tertiary/aromatic N) is 3. The molecule has 3 rings (SSSR count). The molecule has 0 N–H and O–H groups in total. The van der Waals surface area contributed by atoms with Gasteiger partial charge in [-0.3, -0.25) is 0 Å². The van der Waals surface area contributed by atoms with Crippen LogP contribution in [0.2, 0.25) is 0 Å². The van der Waals surface area contributed by atoms with Gasteiger partial charge in [0, 0.05) is 4.88 Å². The number of fused-ring (bicyclic) bond motifs is 1. The molecule has 0 fully saturated rings. The van der Waals surface area contributed by atoms with E-state index in [0.717, 1.165) is 21.5 Å². The zero-order chi connectivity index (χ0) is 13.1. The maximum absolute atomic E-state index is 9.25. The number of hydrogen-bond acceptors (Lipinski definition) is 3. The smallest absolute Gasteiger partial charge is 0.0966 e. The molecule has 0 saturated heterocycles. The summed E-state index contributed by atoms with van der Waals surface area (Å²) in [5, 5.41) is 11.3. The summed E-state index contributed by atoms with van der Waals surface area (Å²) in [6.07, 6.45) is 3.71. The molecule has 4 heteroatoms. The van der Waals surface area contributed by atoms with Crippen LogP contribution < -0.4 is 0 Å². The van der Waals surface area contributed by atoms with Crippen molar-refractivity contribution >= 4 is 28.4 Å². The van der Waals surface area contributed by atoms with Gasteiger partial charge >= 0.3 is 0 Å². The lowest BCUT2D eigenvalue weighted by molar-refractivity contribution is 0.830. The molecule has 2 heterocycles. The quantitative estimate of drug-likeness (QED) is 0.677. The Morgan fingerprint density at radius 3 is 3.00 bits per heavy atom. The minimum Gasteiger partial charge on any atom is -0.325 e. The summed E-state index contributed by atoms with van der Waals surface area (Å²) in [6, 6.07) is 14.2. The third-order valence-corrected chi connectivity index (χ3v) is 3.69. The number of benzene rings is 1. The fraction of sp³-hybridized carbons (Fsp3) is 0.0667. The van der Waals surface area contributed by atoms with Crippen molar-refractivity contribution in [1.29, 1.82) is 5.26 Å².